The fraction of sp³-hybridized carbons (Fsp3) is 0.533. The van der Waals surface area contributed by atoms with Crippen molar-refractivity contribution in [2.24, 2.45) is 5.92 Å². The van der Waals surface area contributed by atoms with Gasteiger partial charge in [-0.3, -0.25) is 9.00 Å². The second-order valence-corrected chi connectivity index (χ2v) is 7.59. The lowest BCUT2D eigenvalue weighted by Gasteiger charge is -2.20. The maximum Gasteiger partial charge on any atom is 0.239 e. The minimum absolute atomic E-state index is 0.0109. The molecule has 0 spiro atoms. The summed E-state index contributed by atoms with van der Waals surface area (Å²) in [6.07, 6.45) is 0. The Hall–Kier alpha value is -1.36. The van der Waals surface area contributed by atoms with E-state index in [1.54, 1.807) is 25.1 Å². The van der Waals surface area contributed by atoms with E-state index in [4.69, 9.17) is 5.73 Å². The number of nitrogens with one attached hydrogen (secondary N) is 1. The van der Waals surface area contributed by atoms with Gasteiger partial charge in [0, 0.05) is 27.4 Å². The number of rotatable bonds is 5. The molecule has 112 valence electrons. The molecule has 4 nitrogen and oxygen atoms in total. The van der Waals surface area contributed by atoms with Crippen molar-refractivity contribution in [1.29, 1.82) is 0 Å². The van der Waals surface area contributed by atoms with Gasteiger partial charge in [0.1, 0.15) is 5.25 Å². The zero-order chi connectivity index (χ0) is 15.4. The molecule has 3 N–H and O–H groups in total. The molecule has 0 aromatic heterocycles. The average molecular weight is 296 g/mol. The summed E-state index contributed by atoms with van der Waals surface area (Å²) in [7, 11) is -1.19. The van der Waals surface area contributed by atoms with Gasteiger partial charge in [-0.1, -0.05) is 20.8 Å². The van der Waals surface area contributed by atoms with Crippen LogP contribution in [0.4, 0.5) is 11.4 Å². The lowest BCUT2D eigenvalue weighted by Crippen LogP contribution is -2.35. The fourth-order valence-corrected chi connectivity index (χ4v) is 3.21. The number of carbonyl (C=O) groups is 1. The first-order chi connectivity index (χ1) is 9.23. The molecule has 0 aliphatic rings. The van der Waals surface area contributed by atoms with E-state index in [-0.39, 0.29) is 17.1 Å². The molecule has 1 rings (SSSR count). The normalized spacial score (nSPS) is 15.7. The highest BCUT2D eigenvalue weighted by Crippen LogP contribution is 2.19. The first-order valence-corrected chi connectivity index (χ1v) is 8.08. The molecular formula is C15H24N2O2S. The van der Waals surface area contributed by atoms with E-state index in [0.29, 0.717) is 11.4 Å². The Morgan fingerprint density at radius 3 is 2.35 bits per heavy atom. The number of amides is 1. The average Bonchev–Trinajstić information content (AvgIpc) is 2.39. The van der Waals surface area contributed by atoms with Gasteiger partial charge in [-0.2, -0.15) is 0 Å². The highest BCUT2D eigenvalue weighted by molar-refractivity contribution is 7.87. The minimum atomic E-state index is -1.19. The lowest BCUT2D eigenvalue weighted by molar-refractivity contribution is -0.115. The Bertz CT molecular complexity index is 515. The van der Waals surface area contributed by atoms with Crippen molar-refractivity contribution in [2.45, 2.75) is 45.1 Å². The Morgan fingerprint density at radius 2 is 1.85 bits per heavy atom. The summed E-state index contributed by atoms with van der Waals surface area (Å²) < 4.78 is 12.3. The fourth-order valence-electron chi connectivity index (χ4n) is 1.76. The van der Waals surface area contributed by atoms with Crippen LogP contribution in [0.5, 0.6) is 0 Å². The summed E-state index contributed by atoms with van der Waals surface area (Å²) in [4.78, 5) is 12.2. The van der Waals surface area contributed by atoms with E-state index in [9.17, 15) is 9.00 Å². The molecule has 3 atom stereocenters. The molecule has 1 amide bonds. The van der Waals surface area contributed by atoms with E-state index in [2.05, 4.69) is 5.32 Å². The van der Waals surface area contributed by atoms with Gasteiger partial charge in [-0.05, 0) is 43.5 Å². The maximum absolute atomic E-state index is 12.3. The van der Waals surface area contributed by atoms with Crippen molar-refractivity contribution in [3.05, 3.63) is 23.8 Å². The molecule has 0 radical (unpaired) electrons. The number of benzene rings is 1. The van der Waals surface area contributed by atoms with Crippen molar-refractivity contribution < 1.29 is 9.00 Å². The van der Waals surface area contributed by atoms with Crippen LogP contribution in [0, 0.1) is 12.8 Å². The SMILES string of the molecule is Cc1cc(N)ccc1NC(=O)C(C)S(=O)C(C)C(C)C. The van der Waals surface area contributed by atoms with E-state index in [0.717, 1.165) is 5.56 Å². The summed E-state index contributed by atoms with van der Waals surface area (Å²) >= 11 is 0. The summed E-state index contributed by atoms with van der Waals surface area (Å²) in [5.41, 5.74) is 7.95. The quantitative estimate of drug-likeness (QED) is 0.821. The highest BCUT2D eigenvalue weighted by atomic mass is 32.2. The zero-order valence-electron chi connectivity index (χ0n) is 12.8. The predicted octanol–water partition coefficient (Wildman–Crippen LogP) is 2.70. The predicted molar refractivity (Wildman–Crippen MR) is 86.1 cm³/mol. The molecule has 0 aliphatic carbocycles. The summed E-state index contributed by atoms with van der Waals surface area (Å²) in [6.45, 7) is 9.52. The number of anilines is 2. The molecule has 0 bridgehead atoms. The van der Waals surface area contributed by atoms with Gasteiger partial charge in [0.15, 0.2) is 0 Å². The summed E-state index contributed by atoms with van der Waals surface area (Å²) in [6, 6.07) is 5.30. The number of nitrogen functional groups attached to an aromatic ring is 1. The van der Waals surface area contributed by atoms with Crippen LogP contribution < -0.4 is 11.1 Å². The van der Waals surface area contributed by atoms with E-state index in [1.165, 1.54) is 0 Å². The molecule has 1 aromatic carbocycles. The van der Waals surface area contributed by atoms with Crippen LogP contribution in [0.25, 0.3) is 0 Å². The van der Waals surface area contributed by atoms with Gasteiger partial charge >= 0.3 is 0 Å². The number of hydrogen-bond acceptors (Lipinski definition) is 3. The Balaban J connectivity index is 2.78. The monoisotopic (exact) mass is 296 g/mol. The van der Waals surface area contributed by atoms with Crippen molar-refractivity contribution >= 4 is 28.1 Å². The van der Waals surface area contributed by atoms with Crippen LogP contribution in [0.1, 0.15) is 33.3 Å². The summed E-state index contributed by atoms with van der Waals surface area (Å²) in [5, 5.41) is 2.28. The molecule has 0 fully saturated rings. The van der Waals surface area contributed by atoms with E-state index < -0.39 is 16.0 Å². The second kappa shape index (κ2) is 6.88. The third kappa shape index (κ3) is 4.07. The van der Waals surface area contributed by atoms with Crippen molar-refractivity contribution in [2.75, 3.05) is 11.1 Å². The molecule has 0 aliphatic heterocycles. The van der Waals surface area contributed by atoms with Crippen molar-refractivity contribution in [1.82, 2.24) is 0 Å². The Morgan fingerprint density at radius 1 is 1.25 bits per heavy atom. The smallest absolute Gasteiger partial charge is 0.239 e. The molecule has 5 heteroatoms. The maximum atomic E-state index is 12.3. The van der Waals surface area contributed by atoms with Gasteiger partial charge in [0.05, 0.1) is 0 Å². The van der Waals surface area contributed by atoms with Crippen molar-refractivity contribution in [3.63, 3.8) is 0 Å². The number of hydrogen-bond donors (Lipinski definition) is 2. The van der Waals surface area contributed by atoms with E-state index >= 15 is 0 Å². The molecule has 20 heavy (non-hydrogen) atoms. The van der Waals surface area contributed by atoms with Crippen LogP contribution >= 0.6 is 0 Å². The zero-order valence-corrected chi connectivity index (χ0v) is 13.6. The van der Waals surface area contributed by atoms with Gasteiger partial charge in [0.2, 0.25) is 5.91 Å². The lowest BCUT2D eigenvalue weighted by atomic mass is 10.1. The van der Waals surface area contributed by atoms with Crippen LogP contribution in [0.3, 0.4) is 0 Å². The molecule has 0 heterocycles. The Labute approximate surface area is 123 Å². The highest BCUT2D eigenvalue weighted by Gasteiger charge is 2.26. The van der Waals surface area contributed by atoms with Crippen molar-refractivity contribution in [3.8, 4) is 0 Å². The Kier molecular flexibility index (Phi) is 5.74. The number of nitrogens with two attached hydrogens (primary N) is 1. The van der Waals surface area contributed by atoms with E-state index in [1.807, 2.05) is 27.7 Å². The first kappa shape index (κ1) is 16.7. The van der Waals surface area contributed by atoms with Crippen LogP contribution in [0.15, 0.2) is 18.2 Å². The second-order valence-electron chi connectivity index (χ2n) is 5.48. The number of carbonyl (C=O) groups excluding carboxylic acids is 1. The molecule has 1 aromatic rings. The minimum Gasteiger partial charge on any atom is -0.399 e. The van der Waals surface area contributed by atoms with Gasteiger partial charge in [-0.15, -0.1) is 0 Å². The standard InChI is InChI=1S/C15H24N2O2S/c1-9(2)11(4)20(19)12(5)15(18)17-14-7-6-13(16)8-10(14)3/h6-9,11-12H,16H2,1-5H3,(H,17,18). The van der Waals surface area contributed by atoms with Gasteiger partial charge < -0.3 is 11.1 Å². The molecular weight excluding hydrogens is 272 g/mol. The summed E-state index contributed by atoms with van der Waals surface area (Å²) in [5.74, 6) is 0.0630. The van der Waals surface area contributed by atoms with Crippen LogP contribution in [-0.4, -0.2) is 20.6 Å². The van der Waals surface area contributed by atoms with Crippen LogP contribution in [0.2, 0.25) is 0 Å². The third-order valence-corrected chi connectivity index (χ3v) is 5.72. The van der Waals surface area contributed by atoms with Gasteiger partial charge in [-0.25, -0.2) is 0 Å². The molecule has 0 saturated heterocycles. The van der Waals surface area contributed by atoms with Crippen LogP contribution in [-0.2, 0) is 15.6 Å². The topological polar surface area (TPSA) is 72.2 Å². The van der Waals surface area contributed by atoms with Gasteiger partial charge in [0.25, 0.3) is 0 Å². The third-order valence-electron chi connectivity index (χ3n) is 3.53. The molecule has 0 saturated carbocycles. The first-order valence-electron chi connectivity index (χ1n) is 6.80. The molecule has 3 unspecified atom stereocenters. The number of aryl methyl sites for hydroxylation is 1. The largest absolute Gasteiger partial charge is 0.399 e.